The third-order valence-corrected chi connectivity index (χ3v) is 4.27. The van der Waals surface area contributed by atoms with Crippen LogP contribution in [0.3, 0.4) is 0 Å². The second-order valence-electron chi connectivity index (χ2n) is 5.91. The number of aromatic nitrogens is 1. The molecule has 2 rings (SSSR count). The molecule has 144 valence electrons. The van der Waals surface area contributed by atoms with Gasteiger partial charge in [-0.3, -0.25) is 9.59 Å². The minimum atomic E-state index is -0.753. The second kappa shape index (κ2) is 8.62. The Balaban J connectivity index is 2.65. The number of aromatic amines is 1. The molecule has 0 aliphatic heterocycles. The molecule has 1 aromatic carbocycles. The van der Waals surface area contributed by atoms with Gasteiger partial charge in [-0.2, -0.15) is 0 Å². The number of carbonyl (C=O) groups is 3. The zero-order valence-corrected chi connectivity index (χ0v) is 15.9. The third kappa shape index (κ3) is 4.07. The summed E-state index contributed by atoms with van der Waals surface area (Å²) in [5.41, 5.74) is 1.26. The largest absolute Gasteiger partial charge is 0.462 e. The van der Waals surface area contributed by atoms with Crippen molar-refractivity contribution in [2.75, 3.05) is 19.7 Å². The van der Waals surface area contributed by atoms with Crippen LogP contribution in [0.1, 0.15) is 47.3 Å². The maximum absolute atomic E-state index is 13.3. The van der Waals surface area contributed by atoms with Gasteiger partial charge in [0.25, 0.3) is 11.7 Å². The number of ether oxygens (including phenoxy) is 1. The Hall–Kier alpha value is -2.96. The number of hydrogen-bond donors (Lipinski definition) is 1. The SMILES string of the molecule is CCOC(=O)c1c(C)[nH]c(C(=O)C(=O)N(CC)CC)c1-c1ccc(F)cc1. The topological polar surface area (TPSA) is 79.5 Å². The minimum absolute atomic E-state index is 0.000869. The number of nitrogens with one attached hydrogen (secondary N) is 1. The van der Waals surface area contributed by atoms with E-state index >= 15 is 0 Å². The summed E-state index contributed by atoms with van der Waals surface area (Å²) in [6, 6.07) is 5.37. The van der Waals surface area contributed by atoms with E-state index in [1.54, 1.807) is 27.7 Å². The van der Waals surface area contributed by atoms with E-state index in [1.807, 2.05) is 0 Å². The van der Waals surface area contributed by atoms with E-state index in [9.17, 15) is 18.8 Å². The number of benzene rings is 1. The van der Waals surface area contributed by atoms with E-state index < -0.39 is 23.5 Å². The highest BCUT2D eigenvalue weighted by molar-refractivity contribution is 6.43. The molecule has 0 saturated heterocycles. The van der Waals surface area contributed by atoms with E-state index in [2.05, 4.69) is 4.98 Å². The summed E-state index contributed by atoms with van der Waals surface area (Å²) < 4.78 is 18.4. The van der Waals surface area contributed by atoms with Crippen LogP contribution >= 0.6 is 0 Å². The Labute approximate surface area is 157 Å². The highest BCUT2D eigenvalue weighted by Crippen LogP contribution is 2.32. The van der Waals surface area contributed by atoms with Gasteiger partial charge in [-0.25, -0.2) is 9.18 Å². The van der Waals surface area contributed by atoms with Gasteiger partial charge in [0.15, 0.2) is 0 Å². The number of hydrogen-bond acceptors (Lipinski definition) is 4. The van der Waals surface area contributed by atoms with Crippen molar-refractivity contribution in [2.24, 2.45) is 0 Å². The van der Waals surface area contributed by atoms with E-state index in [0.29, 0.717) is 24.3 Å². The van der Waals surface area contributed by atoms with Crippen molar-refractivity contribution in [3.63, 3.8) is 0 Å². The van der Waals surface area contributed by atoms with Crippen LogP contribution < -0.4 is 0 Å². The molecule has 1 aromatic heterocycles. The highest BCUT2D eigenvalue weighted by atomic mass is 19.1. The lowest BCUT2D eigenvalue weighted by Crippen LogP contribution is -2.36. The molecule has 1 N–H and O–H groups in total. The molecule has 27 heavy (non-hydrogen) atoms. The summed E-state index contributed by atoms with van der Waals surface area (Å²) in [5, 5.41) is 0. The zero-order valence-electron chi connectivity index (χ0n) is 15.9. The van der Waals surface area contributed by atoms with Crippen LogP contribution in [0.2, 0.25) is 0 Å². The summed E-state index contributed by atoms with van der Waals surface area (Å²) in [4.78, 5) is 42.1. The van der Waals surface area contributed by atoms with Gasteiger partial charge in [0.05, 0.1) is 12.2 Å². The molecule has 0 spiro atoms. The number of ketones is 1. The Morgan fingerprint density at radius 3 is 2.19 bits per heavy atom. The predicted octanol–water partition coefficient (Wildman–Crippen LogP) is 3.36. The molecule has 7 heteroatoms. The van der Waals surface area contributed by atoms with Crippen LogP contribution in [0.4, 0.5) is 4.39 Å². The fourth-order valence-electron chi connectivity index (χ4n) is 2.92. The molecule has 0 saturated carbocycles. The van der Waals surface area contributed by atoms with E-state index in [4.69, 9.17) is 4.74 Å². The molecule has 0 bridgehead atoms. The highest BCUT2D eigenvalue weighted by Gasteiger charge is 2.31. The number of Topliss-reactive ketones (excluding diaryl/α,β-unsaturated/α-hetero) is 1. The third-order valence-electron chi connectivity index (χ3n) is 4.27. The molecule has 1 heterocycles. The lowest BCUT2D eigenvalue weighted by atomic mass is 9.98. The van der Waals surface area contributed by atoms with Gasteiger partial charge in [0.2, 0.25) is 0 Å². The summed E-state index contributed by atoms with van der Waals surface area (Å²) in [6.07, 6.45) is 0. The molecule has 6 nitrogen and oxygen atoms in total. The summed E-state index contributed by atoms with van der Waals surface area (Å²) in [7, 11) is 0. The molecule has 0 unspecified atom stereocenters. The predicted molar refractivity (Wildman–Crippen MR) is 99.1 cm³/mol. The van der Waals surface area contributed by atoms with Crippen molar-refractivity contribution >= 4 is 17.7 Å². The van der Waals surface area contributed by atoms with Crippen LogP contribution in [0, 0.1) is 12.7 Å². The van der Waals surface area contributed by atoms with Crippen LogP contribution in [0.15, 0.2) is 24.3 Å². The molecule has 1 amide bonds. The molecule has 0 fully saturated rings. The number of likely N-dealkylation sites (N-methyl/N-ethyl adjacent to an activating group) is 1. The van der Waals surface area contributed by atoms with Crippen LogP contribution in [-0.4, -0.2) is 47.2 Å². The Morgan fingerprint density at radius 2 is 1.67 bits per heavy atom. The number of esters is 1. The van der Waals surface area contributed by atoms with Gasteiger partial charge < -0.3 is 14.6 Å². The summed E-state index contributed by atoms with van der Waals surface area (Å²) >= 11 is 0. The lowest BCUT2D eigenvalue weighted by molar-refractivity contribution is -0.126. The first-order valence-corrected chi connectivity index (χ1v) is 8.84. The average Bonchev–Trinajstić information content (AvgIpc) is 3.00. The first-order chi connectivity index (χ1) is 12.8. The second-order valence-corrected chi connectivity index (χ2v) is 5.91. The maximum atomic E-state index is 13.3. The Kier molecular flexibility index (Phi) is 6.50. The molecule has 0 radical (unpaired) electrons. The van der Waals surface area contributed by atoms with Crippen LogP contribution in [0.5, 0.6) is 0 Å². The Morgan fingerprint density at radius 1 is 1.07 bits per heavy atom. The number of nitrogens with zero attached hydrogens (tertiary/aromatic N) is 1. The van der Waals surface area contributed by atoms with Gasteiger partial charge in [-0.1, -0.05) is 12.1 Å². The zero-order chi connectivity index (χ0) is 20.1. The van der Waals surface area contributed by atoms with Crippen molar-refractivity contribution in [1.82, 2.24) is 9.88 Å². The number of rotatable bonds is 7. The van der Waals surface area contributed by atoms with Crippen molar-refractivity contribution < 1.29 is 23.5 Å². The average molecular weight is 374 g/mol. The molecule has 0 aliphatic rings. The summed E-state index contributed by atoms with van der Waals surface area (Å²) in [5.74, 6) is -2.48. The fraction of sp³-hybridized carbons (Fsp3) is 0.350. The van der Waals surface area contributed by atoms with Gasteiger partial charge in [-0.05, 0) is 45.4 Å². The number of amides is 1. The normalized spacial score (nSPS) is 10.6. The quantitative estimate of drug-likeness (QED) is 0.458. The number of halogens is 1. The number of aryl methyl sites for hydroxylation is 1. The van der Waals surface area contributed by atoms with Crippen molar-refractivity contribution in [2.45, 2.75) is 27.7 Å². The molecular weight excluding hydrogens is 351 g/mol. The number of carbonyl (C=O) groups excluding carboxylic acids is 3. The van der Waals surface area contributed by atoms with Gasteiger partial charge in [0.1, 0.15) is 11.5 Å². The van der Waals surface area contributed by atoms with E-state index in [1.165, 1.54) is 29.2 Å². The van der Waals surface area contributed by atoms with Crippen molar-refractivity contribution in [1.29, 1.82) is 0 Å². The standard InChI is InChI=1S/C20H23FN2O4/c1-5-23(6-2)19(25)18(24)17-16(13-8-10-14(21)11-9-13)15(12(4)22-17)20(26)27-7-3/h8-11,22H,5-7H2,1-4H3. The summed E-state index contributed by atoms with van der Waals surface area (Å²) in [6.45, 7) is 7.78. The number of H-pyrrole nitrogens is 1. The minimum Gasteiger partial charge on any atom is -0.462 e. The monoisotopic (exact) mass is 374 g/mol. The van der Waals surface area contributed by atoms with E-state index in [0.717, 1.165) is 0 Å². The first-order valence-electron chi connectivity index (χ1n) is 8.84. The smallest absolute Gasteiger partial charge is 0.340 e. The first kappa shape index (κ1) is 20.4. The van der Waals surface area contributed by atoms with Gasteiger partial charge >= 0.3 is 5.97 Å². The van der Waals surface area contributed by atoms with Crippen LogP contribution in [0.25, 0.3) is 11.1 Å². The van der Waals surface area contributed by atoms with Gasteiger partial charge in [0, 0.05) is 24.3 Å². The molecule has 2 aromatic rings. The van der Waals surface area contributed by atoms with Crippen molar-refractivity contribution in [3.8, 4) is 11.1 Å². The maximum Gasteiger partial charge on any atom is 0.340 e. The van der Waals surface area contributed by atoms with Crippen LogP contribution in [-0.2, 0) is 9.53 Å². The Bertz CT molecular complexity index is 852. The molecule has 0 aliphatic carbocycles. The lowest BCUT2D eigenvalue weighted by Gasteiger charge is -2.17. The molecular formula is C20H23FN2O4. The molecule has 0 atom stereocenters. The van der Waals surface area contributed by atoms with E-state index in [-0.39, 0.29) is 23.4 Å². The fourth-order valence-corrected chi connectivity index (χ4v) is 2.92. The van der Waals surface area contributed by atoms with Crippen molar-refractivity contribution in [3.05, 3.63) is 47.0 Å². The van der Waals surface area contributed by atoms with Gasteiger partial charge in [-0.15, -0.1) is 0 Å².